The third kappa shape index (κ3) is 5.12. The molecular formula is C26H32N6O2. The fourth-order valence-corrected chi connectivity index (χ4v) is 4.57. The van der Waals surface area contributed by atoms with E-state index in [1.54, 1.807) is 0 Å². The van der Waals surface area contributed by atoms with Crippen molar-refractivity contribution in [3.05, 3.63) is 71.4 Å². The van der Waals surface area contributed by atoms with Crippen LogP contribution in [0.5, 0.6) is 0 Å². The van der Waals surface area contributed by atoms with Crippen LogP contribution in [0.25, 0.3) is 10.9 Å². The number of hydrogen-bond donors (Lipinski definition) is 4. The molecule has 0 radical (unpaired) electrons. The minimum Gasteiger partial charge on any atom is -0.384 e. The van der Waals surface area contributed by atoms with Crippen LogP contribution in [0, 0.1) is 11.3 Å². The smallest absolute Gasteiger partial charge is 0.270 e. The first-order valence-corrected chi connectivity index (χ1v) is 11.8. The Kier molecular flexibility index (Phi) is 7.27. The molecule has 0 unspecified atom stereocenters. The molecule has 1 fully saturated rings. The number of amidine groups is 1. The summed E-state index contributed by atoms with van der Waals surface area (Å²) in [7, 11) is 0. The number of rotatable bonds is 8. The molecule has 2 aromatic carbocycles. The maximum Gasteiger partial charge on any atom is 0.270 e. The number of fused-ring (bicyclic) bond motifs is 1. The number of aryl methyl sites for hydroxylation is 2. The number of nitrogens with one attached hydrogen (secondary N) is 2. The van der Waals surface area contributed by atoms with E-state index in [-0.39, 0.29) is 23.6 Å². The second-order valence-corrected chi connectivity index (χ2v) is 8.75. The highest BCUT2D eigenvalue weighted by atomic mass is 16.2. The van der Waals surface area contributed by atoms with E-state index in [0.717, 1.165) is 17.3 Å². The van der Waals surface area contributed by atoms with Gasteiger partial charge in [-0.15, -0.1) is 0 Å². The summed E-state index contributed by atoms with van der Waals surface area (Å²) < 4.78 is 2.04. The number of piperidine rings is 1. The average Bonchev–Trinajstić information content (AvgIpc) is 3.24. The predicted octanol–water partition coefficient (Wildman–Crippen LogP) is 2.10. The Hall–Kier alpha value is -3.65. The first kappa shape index (κ1) is 23.5. The highest BCUT2D eigenvalue weighted by molar-refractivity contribution is 6.02. The largest absolute Gasteiger partial charge is 0.384 e. The number of likely N-dealkylation sites (tertiary alicyclic amines) is 1. The number of nitrogens with zero attached hydrogens (tertiary/aromatic N) is 2. The molecule has 2 amide bonds. The summed E-state index contributed by atoms with van der Waals surface area (Å²) in [5.74, 6) is -0.0982. The molecule has 0 saturated carbocycles. The lowest BCUT2D eigenvalue weighted by Crippen LogP contribution is -2.44. The first-order chi connectivity index (χ1) is 16.5. The van der Waals surface area contributed by atoms with E-state index in [4.69, 9.17) is 16.9 Å². The molecule has 0 atom stereocenters. The maximum atomic E-state index is 13.6. The zero-order valence-electron chi connectivity index (χ0n) is 19.3. The summed E-state index contributed by atoms with van der Waals surface area (Å²) in [4.78, 5) is 27.7. The van der Waals surface area contributed by atoms with E-state index < -0.39 is 0 Å². The molecule has 0 bridgehead atoms. The zero-order chi connectivity index (χ0) is 24.1. The van der Waals surface area contributed by atoms with Crippen molar-refractivity contribution in [2.24, 2.45) is 17.4 Å². The molecule has 1 aliphatic heterocycles. The van der Waals surface area contributed by atoms with Crippen molar-refractivity contribution in [1.29, 1.82) is 5.41 Å². The van der Waals surface area contributed by atoms with E-state index in [0.29, 0.717) is 56.8 Å². The third-order valence-electron chi connectivity index (χ3n) is 6.50. The maximum absolute atomic E-state index is 13.6. The topological polar surface area (TPSA) is 130 Å². The molecule has 1 aliphatic rings. The first-order valence-electron chi connectivity index (χ1n) is 11.8. The predicted molar refractivity (Wildman–Crippen MR) is 134 cm³/mol. The Bertz CT molecular complexity index is 1180. The van der Waals surface area contributed by atoms with Gasteiger partial charge < -0.3 is 26.3 Å². The standard InChI is InChI=1S/C26H32N6O2/c27-11-12-30-25(33)19-9-13-31(14-10-19)26(34)23-16-20-6-7-21(24(28)29)17-22(20)32(23)15-8-18-4-2-1-3-5-18/h1-7,16-17,19H,8-15,27H2,(H3,28,29)(H,30,33). The number of benzene rings is 2. The van der Waals surface area contributed by atoms with Crippen molar-refractivity contribution in [2.75, 3.05) is 26.2 Å². The summed E-state index contributed by atoms with van der Waals surface area (Å²) in [5, 5.41) is 11.6. The van der Waals surface area contributed by atoms with Gasteiger partial charge in [-0.25, -0.2) is 0 Å². The summed E-state index contributed by atoms with van der Waals surface area (Å²) in [6.07, 6.45) is 2.06. The van der Waals surface area contributed by atoms with Gasteiger partial charge in [0.05, 0.1) is 0 Å². The van der Waals surface area contributed by atoms with Gasteiger partial charge in [0.1, 0.15) is 11.5 Å². The zero-order valence-corrected chi connectivity index (χ0v) is 19.3. The normalized spacial score (nSPS) is 14.3. The molecular weight excluding hydrogens is 428 g/mol. The molecule has 2 heterocycles. The van der Waals surface area contributed by atoms with Crippen LogP contribution in [0.3, 0.4) is 0 Å². The van der Waals surface area contributed by atoms with Gasteiger partial charge in [0.2, 0.25) is 5.91 Å². The molecule has 3 aromatic rings. The third-order valence-corrected chi connectivity index (χ3v) is 6.50. The van der Waals surface area contributed by atoms with E-state index in [9.17, 15) is 9.59 Å². The number of carbonyl (C=O) groups is 2. The summed E-state index contributed by atoms with van der Waals surface area (Å²) in [6.45, 7) is 2.61. The minimum absolute atomic E-state index is 0.000528. The molecule has 6 N–H and O–H groups in total. The van der Waals surface area contributed by atoms with Gasteiger partial charge in [-0.2, -0.15) is 0 Å². The quantitative estimate of drug-likeness (QED) is 0.303. The van der Waals surface area contributed by atoms with Crippen molar-refractivity contribution < 1.29 is 9.59 Å². The van der Waals surface area contributed by atoms with Crippen LogP contribution in [-0.4, -0.2) is 53.3 Å². The molecule has 0 aliphatic carbocycles. The highest BCUT2D eigenvalue weighted by Crippen LogP contribution is 2.25. The van der Waals surface area contributed by atoms with Gasteiger partial charge in [0, 0.05) is 55.1 Å². The monoisotopic (exact) mass is 460 g/mol. The van der Waals surface area contributed by atoms with Crippen LogP contribution in [0.15, 0.2) is 54.6 Å². The molecule has 1 aromatic heterocycles. The Labute approximate surface area is 199 Å². The Morgan fingerprint density at radius 2 is 1.79 bits per heavy atom. The Balaban J connectivity index is 1.57. The van der Waals surface area contributed by atoms with Crippen LogP contribution in [-0.2, 0) is 17.8 Å². The van der Waals surface area contributed by atoms with Gasteiger partial charge >= 0.3 is 0 Å². The van der Waals surface area contributed by atoms with Crippen LogP contribution < -0.4 is 16.8 Å². The van der Waals surface area contributed by atoms with Crippen LogP contribution >= 0.6 is 0 Å². The fourth-order valence-electron chi connectivity index (χ4n) is 4.57. The number of nitrogen functional groups attached to an aromatic ring is 1. The summed E-state index contributed by atoms with van der Waals surface area (Å²) >= 11 is 0. The Morgan fingerprint density at radius 3 is 2.47 bits per heavy atom. The van der Waals surface area contributed by atoms with Crippen LogP contribution in [0.4, 0.5) is 0 Å². The SMILES string of the molecule is N=C(N)c1ccc2cc(C(=O)N3CCC(C(=O)NCCN)CC3)n(CCc3ccccc3)c2c1. The molecule has 1 saturated heterocycles. The second-order valence-electron chi connectivity index (χ2n) is 8.75. The summed E-state index contributed by atoms with van der Waals surface area (Å²) in [5.41, 5.74) is 14.5. The lowest BCUT2D eigenvalue weighted by Gasteiger charge is -2.31. The van der Waals surface area contributed by atoms with Crippen molar-refractivity contribution in [2.45, 2.75) is 25.8 Å². The van der Waals surface area contributed by atoms with E-state index in [2.05, 4.69) is 17.4 Å². The van der Waals surface area contributed by atoms with E-state index >= 15 is 0 Å². The van der Waals surface area contributed by atoms with Gasteiger partial charge in [0.15, 0.2) is 0 Å². The van der Waals surface area contributed by atoms with Crippen molar-refractivity contribution in [3.8, 4) is 0 Å². The average molecular weight is 461 g/mol. The molecule has 8 nitrogen and oxygen atoms in total. The van der Waals surface area contributed by atoms with Crippen LogP contribution in [0.2, 0.25) is 0 Å². The minimum atomic E-state index is -0.0855. The lowest BCUT2D eigenvalue weighted by atomic mass is 9.95. The summed E-state index contributed by atoms with van der Waals surface area (Å²) in [6, 6.07) is 17.7. The van der Waals surface area contributed by atoms with Gasteiger partial charge in [-0.3, -0.25) is 15.0 Å². The van der Waals surface area contributed by atoms with E-state index in [1.165, 1.54) is 5.56 Å². The van der Waals surface area contributed by atoms with Gasteiger partial charge in [-0.05, 0) is 37.0 Å². The number of carbonyl (C=O) groups excluding carboxylic acids is 2. The molecule has 8 heteroatoms. The second kappa shape index (κ2) is 10.5. The molecule has 34 heavy (non-hydrogen) atoms. The van der Waals surface area contributed by atoms with E-state index in [1.807, 2.05) is 51.9 Å². The molecule has 0 spiro atoms. The highest BCUT2D eigenvalue weighted by Gasteiger charge is 2.29. The Morgan fingerprint density at radius 1 is 1.06 bits per heavy atom. The lowest BCUT2D eigenvalue weighted by molar-refractivity contribution is -0.126. The number of amides is 2. The fraction of sp³-hybridized carbons (Fsp3) is 0.346. The number of hydrogen-bond acceptors (Lipinski definition) is 4. The molecule has 4 rings (SSSR count). The van der Waals surface area contributed by atoms with Crippen molar-refractivity contribution in [3.63, 3.8) is 0 Å². The van der Waals surface area contributed by atoms with Crippen molar-refractivity contribution >= 4 is 28.6 Å². The number of aromatic nitrogens is 1. The van der Waals surface area contributed by atoms with Crippen molar-refractivity contribution in [1.82, 2.24) is 14.8 Å². The van der Waals surface area contributed by atoms with Crippen LogP contribution in [0.1, 0.15) is 34.5 Å². The number of nitrogens with two attached hydrogens (primary N) is 2. The molecule has 178 valence electrons. The van der Waals surface area contributed by atoms with Gasteiger partial charge in [0.25, 0.3) is 5.91 Å². The van der Waals surface area contributed by atoms with Gasteiger partial charge in [-0.1, -0.05) is 42.5 Å².